The van der Waals surface area contributed by atoms with E-state index in [-0.39, 0.29) is 11.9 Å². The van der Waals surface area contributed by atoms with Gasteiger partial charge in [0, 0.05) is 17.1 Å². The first-order valence-electron chi connectivity index (χ1n) is 6.39. The second-order valence-electron chi connectivity index (χ2n) is 4.95. The fraction of sp³-hybridized carbons (Fsp3) is 0.500. The van der Waals surface area contributed by atoms with Gasteiger partial charge in [0.15, 0.2) is 0 Å². The van der Waals surface area contributed by atoms with Gasteiger partial charge in [-0.1, -0.05) is 35.0 Å². The van der Waals surface area contributed by atoms with E-state index in [0.717, 1.165) is 29.5 Å². The van der Waals surface area contributed by atoms with Gasteiger partial charge in [-0.15, -0.1) is 0 Å². The number of amides is 1. The summed E-state index contributed by atoms with van der Waals surface area (Å²) in [5, 5.41) is 6.44. The molecule has 0 saturated carbocycles. The van der Waals surface area contributed by atoms with Crippen molar-refractivity contribution in [3.05, 3.63) is 34.3 Å². The largest absolute Gasteiger partial charge is 0.352 e. The molecule has 0 aliphatic carbocycles. The molecule has 1 aromatic carbocycles. The van der Waals surface area contributed by atoms with E-state index >= 15 is 0 Å². The summed E-state index contributed by atoms with van der Waals surface area (Å²) in [5.74, 6) is 0.659. The van der Waals surface area contributed by atoms with Gasteiger partial charge in [-0.2, -0.15) is 0 Å². The van der Waals surface area contributed by atoms with Crippen LogP contribution in [0.1, 0.15) is 18.9 Å². The van der Waals surface area contributed by atoms with Crippen LogP contribution < -0.4 is 10.6 Å². The molecule has 2 rings (SSSR count). The molecule has 0 bridgehead atoms. The molecule has 3 nitrogen and oxygen atoms in total. The molecular formula is C14H19BrN2O. The Kier molecular flexibility index (Phi) is 4.78. The monoisotopic (exact) mass is 310 g/mol. The van der Waals surface area contributed by atoms with Crippen molar-refractivity contribution in [1.82, 2.24) is 10.6 Å². The van der Waals surface area contributed by atoms with Crippen LogP contribution in [0.3, 0.4) is 0 Å². The van der Waals surface area contributed by atoms with Crippen LogP contribution >= 0.6 is 15.9 Å². The summed E-state index contributed by atoms with van der Waals surface area (Å²) in [6.45, 7) is 4.13. The molecule has 98 valence electrons. The van der Waals surface area contributed by atoms with Gasteiger partial charge in [0.2, 0.25) is 5.91 Å². The van der Waals surface area contributed by atoms with Gasteiger partial charge >= 0.3 is 0 Å². The molecule has 2 unspecified atom stereocenters. The van der Waals surface area contributed by atoms with E-state index in [4.69, 9.17) is 0 Å². The quantitative estimate of drug-likeness (QED) is 0.898. The fourth-order valence-corrected chi connectivity index (χ4v) is 2.72. The molecule has 18 heavy (non-hydrogen) atoms. The Morgan fingerprint density at radius 1 is 1.56 bits per heavy atom. The number of rotatable bonds is 3. The van der Waals surface area contributed by atoms with E-state index in [1.54, 1.807) is 0 Å². The van der Waals surface area contributed by atoms with Crippen molar-refractivity contribution in [3.63, 3.8) is 0 Å². The van der Waals surface area contributed by atoms with Crippen LogP contribution in [-0.4, -0.2) is 25.0 Å². The molecule has 1 aromatic rings. The first-order chi connectivity index (χ1) is 8.65. The highest BCUT2D eigenvalue weighted by atomic mass is 79.9. The Morgan fingerprint density at radius 2 is 2.39 bits per heavy atom. The second-order valence-corrected chi connectivity index (χ2v) is 5.87. The number of hydrogen-bond acceptors (Lipinski definition) is 2. The lowest BCUT2D eigenvalue weighted by molar-refractivity contribution is -0.121. The molecule has 2 atom stereocenters. The third-order valence-electron chi connectivity index (χ3n) is 3.43. The molecule has 1 amide bonds. The summed E-state index contributed by atoms with van der Waals surface area (Å²) in [6.07, 6.45) is 1.57. The van der Waals surface area contributed by atoms with Gasteiger partial charge in [0.05, 0.1) is 6.42 Å². The number of carbonyl (C=O) groups is 1. The molecule has 1 fully saturated rings. The first-order valence-corrected chi connectivity index (χ1v) is 7.19. The third kappa shape index (κ3) is 3.82. The average Bonchev–Trinajstić information content (AvgIpc) is 2.32. The Morgan fingerprint density at radius 3 is 3.11 bits per heavy atom. The van der Waals surface area contributed by atoms with Crippen LogP contribution in [0, 0.1) is 5.92 Å². The highest BCUT2D eigenvalue weighted by molar-refractivity contribution is 9.10. The Balaban J connectivity index is 1.88. The van der Waals surface area contributed by atoms with E-state index < -0.39 is 0 Å². The smallest absolute Gasteiger partial charge is 0.224 e. The van der Waals surface area contributed by atoms with Crippen molar-refractivity contribution in [2.75, 3.05) is 13.1 Å². The summed E-state index contributed by atoms with van der Waals surface area (Å²) >= 11 is 3.42. The van der Waals surface area contributed by atoms with Gasteiger partial charge in [-0.3, -0.25) is 4.79 Å². The number of piperidine rings is 1. The molecule has 0 spiro atoms. The summed E-state index contributed by atoms with van der Waals surface area (Å²) in [6, 6.07) is 8.15. The van der Waals surface area contributed by atoms with Crippen LogP contribution in [0.15, 0.2) is 28.7 Å². The predicted octanol–water partition coefficient (Wildman–Crippen LogP) is 2.11. The maximum Gasteiger partial charge on any atom is 0.224 e. The standard InChI is InChI=1S/C14H19BrN2O/c1-10-5-6-16-9-13(10)17-14(18)8-11-3-2-4-12(15)7-11/h2-4,7,10,13,16H,5-6,8-9H2,1H3,(H,17,18). The SMILES string of the molecule is CC1CCNCC1NC(=O)Cc1cccc(Br)c1. The Bertz CT molecular complexity index is 422. The number of carbonyl (C=O) groups excluding carboxylic acids is 1. The van der Waals surface area contributed by atoms with Gasteiger partial charge in [-0.05, 0) is 36.6 Å². The number of nitrogens with one attached hydrogen (secondary N) is 2. The zero-order chi connectivity index (χ0) is 13.0. The summed E-state index contributed by atoms with van der Waals surface area (Å²) in [4.78, 5) is 12.0. The van der Waals surface area contributed by atoms with Crippen molar-refractivity contribution >= 4 is 21.8 Å². The Labute approximate surface area is 116 Å². The fourth-order valence-electron chi connectivity index (χ4n) is 2.27. The molecular weight excluding hydrogens is 292 g/mol. The maximum atomic E-state index is 12.0. The maximum absolute atomic E-state index is 12.0. The molecule has 1 aliphatic rings. The minimum absolute atomic E-state index is 0.105. The minimum atomic E-state index is 0.105. The van der Waals surface area contributed by atoms with Crippen LogP contribution in [0.4, 0.5) is 0 Å². The number of benzene rings is 1. The normalized spacial score (nSPS) is 23.7. The number of hydrogen-bond donors (Lipinski definition) is 2. The molecule has 0 aromatic heterocycles. The molecule has 0 radical (unpaired) electrons. The highest BCUT2D eigenvalue weighted by Gasteiger charge is 2.22. The third-order valence-corrected chi connectivity index (χ3v) is 3.92. The predicted molar refractivity (Wildman–Crippen MR) is 76.4 cm³/mol. The van der Waals surface area contributed by atoms with Crippen molar-refractivity contribution < 1.29 is 4.79 Å². The molecule has 1 aliphatic heterocycles. The first kappa shape index (κ1) is 13.6. The Hall–Kier alpha value is -0.870. The van der Waals surface area contributed by atoms with Gasteiger partial charge < -0.3 is 10.6 Å². The van der Waals surface area contributed by atoms with Gasteiger partial charge in [-0.25, -0.2) is 0 Å². The van der Waals surface area contributed by atoms with E-state index in [1.165, 1.54) is 0 Å². The zero-order valence-corrected chi connectivity index (χ0v) is 12.2. The average molecular weight is 311 g/mol. The minimum Gasteiger partial charge on any atom is -0.352 e. The van der Waals surface area contributed by atoms with E-state index in [2.05, 4.69) is 33.5 Å². The van der Waals surface area contributed by atoms with Crippen molar-refractivity contribution in [3.8, 4) is 0 Å². The van der Waals surface area contributed by atoms with E-state index in [0.29, 0.717) is 12.3 Å². The van der Waals surface area contributed by atoms with Gasteiger partial charge in [0.25, 0.3) is 0 Å². The van der Waals surface area contributed by atoms with Crippen molar-refractivity contribution in [2.24, 2.45) is 5.92 Å². The summed E-state index contributed by atoms with van der Waals surface area (Å²) in [7, 11) is 0. The second kappa shape index (κ2) is 6.34. The lowest BCUT2D eigenvalue weighted by atomic mass is 9.94. The summed E-state index contributed by atoms with van der Waals surface area (Å²) in [5.41, 5.74) is 1.04. The topological polar surface area (TPSA) is 41.1 Å². The zero-order valence-electron chi connectivity index (χ0n) is 10.6. The molecule has 2 N–H and O–H groups in total. The van der Waals surface area contributed by atoms with E-state index in [9.17, 15) is 4.79 Å². The van der Waals surface area contributed by atoms with Crippen LogP contribution in [0.25, 0.3) is 0 Å². The van der Waals surface area contributed by atoms with Crippen LogP contribution in [-0.2, 0) is 11.2 Å². The highest BCUT2D eigenvalue weighted by Crippen LogP contribution is 2.13. The summed E-state index contributed by atoms with van der Waals surface area (Å²) < 4.78 is 1.01. The van der Waals surface area contributed by atoms with Gasteiger partial charge in [0.1, 0.15) is 0 Å². The lowest BCUT2D eigenvalue weighted by Gasteiger charge is -2.30. The van der Waals surface area contributed by atoms with Crippen LogP contribution in [0.2, 0.25) is 0 Å². The molecule has 4 heteroatoms. The molecule has 1 saturated heterocycles. The molecule has 1 heterocycles. The number of halogens is 1. The lowest BCUT2D eigenvalue weighted by Crippen LogP contribution is -2.50. The van der Waals surface area contributed by atoms with Crippen molar-refractivity contribution in [2.45, 2.75) is 25.8 Å². The van der Waals surface area contributed by atoms with E-state index in [1.807, 2.05) is 24.3 Å². The van der Waals surface area contributed by atoms with Crippen molar-refractivity contribution in [1.29, 1.82) is 0 Å². The van der Waals surface area contributed by atoms with Crippen LogP contribution in [0.5, 0.6) is 0 Å².